The summed E-state index contributed by atoms with van der Waals surface area (Å²) in [5.74, 6) is -1.08. The number of esters is 1. The zero-order valence-corrected chi connectivity index (χ0v) is 15.8. The largest absolute Gasteiger partial charge is 0.452 e. The van der Waals surface area contributed by atoms with E-state index < -0.39 is 18.5 Å². The topological polar surface area (TPSA) is 68.3 Å². The summed E-state index contributed by atoms with van der Waals surface area (Å²) >= 11 is 5.88. The standard InChI is InChI=1S/C22H19ClN2O3/c23-21-18(12-7-13-24-21)22(27)28-15-20(26)25-19(17-10-5-2-6-11-17)14-16-8-3-1-4-9-16/h1-13,19H,14-15H2,(H,25,26)/t19-/m0/s1. The molecule has 0 unspecified atom stereocenters. The Morgan fingerprint density at radius 2 is 1.64 bits per heavy atom. The van der Waals surface area contributed by atoms with E-state index >= 15 is 0 Å². The number of halogens is 1. The Morgan fingerprint density at radius 1 is 0.964 bits per heavy atom. The van der Waals surface area contributed by atoms with Crippen LogP contribution in [0.25, 0.3) is 0 Å². The van der Waals surface area contributed by atoms with Crippen LogP contribution < -0.4 is 5.32 Å². The van der Waals surface area contributed by atoms with E-state index in [1.807, 2.05) is 60.7 Å². The van der Waals surface area contributed by atoms with Crippen LogP contribution in [0.1, 0.15) is 27.5 Å². The monoisotopic (exact) mass is 394 g/mol. The molecule has 0 fully saturated rings. The van der Waals surface area contributed by atoms with E-state index in [-0.39, 0.29) is 16.8 Å². The first-order valence-electron chi connectivity index (χ1n) is 8.79. The highest BCUT2D eigenvalue weighted by molar-refractivity contribution is 6.32. The number of amides is 1. The normalized spacial score (nSPS) is 11.5. The summed E-state index contributed by atoms with van der Waals surface area (Å²) in [6.07, 6.45) is 2.10. The zero-order valence-electron chi connectivity index (χ0n) is 15.0. The highest BCUT2D eigenvalue weighted by atomic mass is 35.5. The number of hydrogen-bond donors (Lipinski definition) is 1. The molecule has 2 aromatic carbocycles. The fourth-order valence-corrected chi connectivity index (χ4v) is 2.97. The highest BCUT2D eigenvalue weighted by Gasteiger charge is 2.18. The number of carbonyl (C=O) groups excluding carboxylic acids is 2. The third kappa shape index (κ3) is 5.41. The summed E-state index contributed by atoms with van der Waals surface area (Å²) in [5.41, 5.74) is 2.19. The van der Waals surface area contributed by atoms with Crippen LogP contribution in [-0.4, -0.2) is 23.5 Å². The number of ether oxygens (including phenoxy) is 1. The Balaban J connectivity index is 1.64. The summed E-state index contributed by atoms with van der Waals surface area (Å²) in [4.78, 5) is 28.3. The summed E-state index contributed by atoms with van der Waals surface area (Å²) in [6, 6.07) is 22.4. The van der Waals surface area contributed by atoms with E-state index in [1.165, 1.54) is 12.3 Å². The third-order valence-electron chi connectivity index (χ3n) is 4.13. The zero-order chi connectivity index (χ0) is 19.8. The predicted octanol–water partition coefficient (Wildman–Crippen LogP) is 3.99. The maximum atomic E-state index is 12.4. The van der Waals surface area contributed by atoms with Gasteiger partial charge in [-0.15, -0.1) is 0 Å². The number of nitrogens with zero attached hydrogens (tertiary/aromatic N) is 1. The molecule has 1 heterocycles. The molecule has 0 spiro atoms. The molecule has 0 aliphatic rings. The smallest absolute Gasteiger partial charge is 0.341 e. The summed E-state index contributed by atoms with van der Waals surface area (Å²) < 4.78 is 5.08. The fraction of sp³-hybridized carbons (Fsp3) is 0.136. The second-order valence-electron chi connectivity index (χ2n) is 6.14. The molecule has 5 nitrogen and oxygen atoms in total. The van der Waals surface area contributed by atoms with Crippen LogP contribution in [0.15, 0.2) is 79.0 Å². The van der Waals surface area contributed by atoms with E-state index in [2.05, 4.69) is 10.3 Å². The van der Waals surface area contributed by atoms with Gasteiger partial charge in [-0.1, -0.05) is 72.3 Å². The third-order valence-corrected chi connectivity index (χ3v) is 4.43. The average molecular weight is 395 g/mol. The second-order valence-corrected chi connectivity index (χ2v) is 6.50. The van der Waals surface area contributed by atoms with Crippen LogP contribution >= 0.6 is 11.6 Å². The molecule has 142 valence electrons. The molecule has 0 aliphatic carbocycles. The van der Waals surface area contributed by atoms with E-state index in [0.717, 1.165) is 11.1 Å². The molecular weight excluding hydrogens is 376 g/mol. The van der Waals surface area contributed by atoms with E-state index in [4.69, 9.17) is 16.3 Å². The molecule has 1 amide bonds. The van der Waals surface area contributed by atoms with Gasteiger partial charge >= 0.3 is 5.97 Å². The molecule has 28 heavy (non-hydrogen) atoms. The van der Waals surface area contributed by atoms with Gasteiger partial charge in [-0.3, -0.25) is 4.79 Å². The lowest BCUT2D eigenvalue weighted by Crippen LogP contribution is -2.33. The van der Waals surface area contributed by atoms with Crippen LogP contribution in [0.5, 0.6) is 0 Å². The molecule has 1 N–H and O–H groups in total. The number of benzene rings is 2. The van der Waals surface area contributed by atoms with Gasteiger partial charge in [0, 0.05) is 6.20 Å². The molecule has 0 saturated carbocycles. The van der Waals surface area contributed by atoms with E-state index in [0.29, 0.717) is 6.42 Å². The number of nitrogens with one attached hydrogen (secondary N) is 1. The molecule has 0 bridgehead atoms. The minimum atomic E-state index is -0.687. The first kappa shape index (κ1) is 19.6. The Hall–Kier alpha value is -3.18. The van der Waals surface area contributed by atoms with Gasteiger partial charge < -0.3 is 10.1 Å². The van der Waals surface area contributed by atoms with Crippen LogP contribution in [0.3, 0.4) is 0 Å². The number of rotatable bonds is 7. The minimum absolute atomic E-state index is 0.0409. The van der Waals surface area contributed by atoms with Crippen LogP contribution in [0.4, 0.5) is 0 Å². The molecule has 6 heteroatoms. The number of carbonyl (C=O) groups is 2. The van der Waals surface area contributed by atoms with Crippen molar-refractivity contribution in [3.8, 4) is 0 Å². The van der Waals surface area contributed by atoms with Gasteiger partial charge in [0.15, 0.2) is 6.61 Å². The van der Waals surface area contributed by atoms with Gasteiger partial charge in [-0.05, 0) is 29.7 Å². The van der Waals surface area contributed by atoms with Gasteiger partial charge in [-0.25, -0.2) is 9.78 Å². The highest BCUT2D eigenvalue weighted by Crippen LogP contribution is 2.18. The van der Waals surface area contributed by atoms with Crippen LogP contribution in [0.2, 0.25) is 5.15 Å². The SMILES string of the molecule is O=C(COC(=O)c1cccnc1Cl)N[C@@H](Cc1ccccc1)c1ccccc1. The van der Waals surface area contributed by atoms with Crippen molar-refractivity contribution in [3.63, 3.8) is 0 Å². The van der Waals surface area contributed by atoms with Crippen molar-refractivity contribution in [1.29, 1.82) is 0 Å². The first-order valence-corrected chi connectivity index (χ1v) is 9.17. The van der Waals surface area contributed by atoms with Crippen molar-refractivity contribution in [2.45, 2.75) is 12.5 Å². The van der Waals surface area contributed by atoms with Crippen molar-refractivity contribution >= 4 is 23.5 Å². The number of pyridine rings is 1. The molecule has 0 aliphatic heterocycles. The maximum Gasteiger partial charge on any atom is 0.341 e. The van der Waals surface area contributed by atoms with Gasteiger partial charge in [0.25, 0.3) is 5.91 Å². The molecular formula is C22H19ClN2O3. The fourth-order valence-electron chi connectivity index (χ4n) is 2.77. The van der Waals surface area contributed by atoms with Crippen molar-refractivity contribution in [2.75, 3.05) is 6.61 Å². The Bertz CT molecular complexity index is 933. The minimum Gasteiger partial charge on any atom is -0.452 e. The van der Waals surface area contributed by atoms with Gasteiger partial charge in [0.2, 0.25) is 0 Å². The van der Waals surface area contributed by atoms with Crippen molar-refractivity contribution in [1.82, 2.24) is 10.3 Å². The predicted molar refractivity (Wildman–Crippen MR) is 107 cm³/mol. The Labute approximate surface area is 168 Å². The lowest BCUT2D eigenvalue weighted by atomic mass is 9.99. The molecule has 3 aromatic rings. The number of hydrogen-bond acceptors (Lipinski definition) is 4. The van der Waals surface area contributed by atoms with Gasteiger partial charge in [0.05, 0.1) is 11.6 Å². The summed E-state index contributed by atoms with van der Waals surface area (Å²) in [7, 11) is 0. The lowest BCUT2D eigenvalue weighted by molar-refractivity contribution is -0.125. The molecule has 0 radical (unpaired) electrons. The quantitative estimate of drug-likeness (QED) is 0.486. The average Bonchev–Trinajstić information content (AvgIpc) is 2.73. The van der Waals surface area contributed by atoms with Crippen LogP contribution in [0, 0.1) is 0 Å². The van der Waals surface area contributed by atoms with Crippen LogP contribution in [-0.2, 0) is 16.0 Å². The van der Waals surface area contributed by atoms with Crippen molar-refractivity contribution in [3.05, 3.63) is 101 Å². The number of aromatic nitrogens is 1. The molecule has 1 aromatic heterocycles. The van der Waals surface area contributed by atoms with Crippen molar-refractivity contribution < 1.29 is 14.3 Å². The second kappa shape index (κ2) is 9.67. The first-order chi connectivity index (χ1) is 13.6. The van der Waals surface area contributed by atoms with E-state index in [9.17, 15) is 9.59 Å². The van der Waals surface area contributed by atoms with Gasteiger partial charge in [-0.2, -0.15) is 0 Å². The molecule has 1 atom stereocenters. The maximum absolute atomic E-state index is 12.4. The van der Waals surface area contributed by atoms with Crippen molar-refractivity contribution in [2.24, 2.45) is 0 Å². The van der Waals surface area contributed by atoms with E-state index in [1.54, 1.807) is 6.07 Å². The van der Waals surface area contributed by atoms with Gasteiger partial charge in [0.1, 0.15) is 5.15 Å². The summed E-state index contributed by atoms with van der Waals surface area (Å²) in [6.45, 7) is -0.401. The Kier molecular flexibility index (Phi) is 6.76. The molecule has 0 saturated heterocycles. The molecule has 3 rings (SSSR count). The Morgan fingerprint density at radius 3 is 2.32 bits per heavy atom. The lowest BCUT2D eigenvalue weighted by Gasteiger charge is -2.19. The summed E-state index contributed by atoms with van der Waals surface area (Å²) in [5, 5.41) is 2.98.